The number of nitrogens with one attached hydrogen (secondary N) is 1. The van der Waals surface area contributed by atoms with Crippen LogP contribution in [-0.2, 0) is 10.0 Å². The van der Waals surface area contributed by atoms with E-state index in [1.807, 2.05) is 20.8 Å². The molecule has 1 atom stereocenters. The molecule has 0 aliphatic carbocycles. The Kier molecular flexibility index (Phi) is 5.91. The number of thiazole rings is 1. The summed E-state index contributed by atoms with van der Waals surface area (Å²) in [5.41, 5.74) is 1.07. The minimum Gasteiger partial charge on any atom is -0.402 e. The smallest absolute Gasteiger partial charge is 0.322 e. The van der Waals surface area contributed by atoms with Gasteiger partial charge in [0, 0.05) is 18.2 Å². The predicted octanol–water partition coefficient (Wildman–Crippen LogP) is 3.63. The molecule has 1 N–H and O–H groups in total. The molecule has 3 aromatic rings. The van der Waals surface area contributed by atoms with E-state index in [2.05, 4.69) is 20.5 Å². The Hall–Kier alpha value is -2.63. The molecule has 1 aromatic carbocycles. The molecule has 2 aromatic heterocycles. The van der Waals surface area contributed by atoms with Crippen LogP contribution in [0.3, 0.4) is 0 Å². The second kappa shape index (κ2) is 8.48. The monoisotopic (exact) mass is 461 g/mol. The molecule has 1 unspecified atom stereocenters. The van der Waals surface area contributed by atoms with Crippen LogP contribution < -0.4 is 5.32 Å². The van der Waals surface area contributed by atoms with Crippen molar-refractivity contribution in [2.75, 3.05) is 11.9 Å². The molecule has 1 amide bonds. The number of hydrogen-bond donors (Lipinski definition) is 1. The van der Waals surface area contributed by atoms with E-state index >= 15 is 0 Å². The largest absolute Gasteiger partial charge is 0.402 e. The summed E-state index contributed by atoms with van der Waals surface area (Å²) in [6, 6.07) is 5.79. The van der Waals surface area contributed by atoms with E-state index in [0.29, 0.717) is 6.54 Å². The summed E-state index contributed by atoms with van der Waals surface area (Å²) in [6.07, 6.45) is 2.75. The molecule has 1 aliphatic heterocycles. The number of hydrogen-bond acceptors (Lipinski definition) is 8. The number of aromatic nitrogens is 3. The molecule has 31 heavy (non-hydrogen) atoms. The molecule has 0 radical (unpaired) electrons. The molecule has 1 saturated heterocycles. The molecule has 11 heteroatoms. The summed E-state index contributed by atoms with van der Waals surface area (Å²) in [7, 11) is -3.59. The van der Waals surface area contributed by atoms with Gasteiger partial charge in [0.15, 0.2) is 0 Å². The number of piperidine rings is 1. The summed E-state index contributed by atoms with van der Waals surface area (Å²) in [6.45, 7) is 6.17. The van der Waals surface area contributed by atoms with E-state index in [9.17, 15) is 13.2 Å². The molecule has 3 heterocycles. The number of sulfonamides is 1. The molecule has 1 fully saturated rings. The fourth-order valence-electron chi connectivity index (χ4n) is 3.61. The van der Waals surface area contributed by atoms with Crippen molar-refractivity contribution in [1.29, 1.82) is 0 Å². The van der Waals surface area contributed by atoms with Gasteiger partial charge in [-0.25, -0.2) is 13.4 Å². The third-order valence-corrected chi connectivity index (χ3v) is 8.30. The van der Waals surface area contributed by atoms with E-state index in [1.165, 1.54) is 39.9 Å². The van der Waals surface area contributed by atoms with Crippen LogP contribution in [-0.4, -0.2) is 46.4 Å². The second-order valence-corrected chi connectivity index (χ2v) is 10.6. The van der Waals surface area contributed by atoms with Crippen molar-refractivity contribution < 1.29 is 17.6 Å². The second-order valence-electron chi connectivity index (χ2n) is 7.50. The Bertz CT molecular complexity index is 1200. The van der Waals surface area contributed by atoms with Gasteiger partial charge in [-0.1, -0.05) is 11.5 Å². The number of carbonyl (C=O) groups excluding carboxylic acids is 1. The first-order valence-corrected chi connectivity index (χ1v) is 12.2. The highest BCUT2D eigenvalue weighted by atomic mass is 32.2. The summed E-state index contributed by atoms with van der Waals surface area (Å²) in [5, 5.41) is 11.3. The van der Waals surface area contributed by atoms with Crippen LogP contribution in [0.4, 0.5) is 6.01 Å². The number of aryl methyl sites for hydroxylation is 2. The maximum absolute atomic E-state index is 12.9. The minimum atomic E-state index is -3.59. The highest BCUT2D eigenvalue weighted by Crippen LogP contribution is 2.29. The molecule has 0 bridgehead atoms. The molecule has 0 spiro atoms. The fraction of sp³-hybridized carbons (Fsp3) is 0.400. The van der Waals surface area contributed by atoms with Crippen LogP contribution in [0.1, 0.15) is 47.2 Å². The van der Waals surface area contributed by atoms with Crippen molar-refractivity contribution in [1.82, 2.24) is 19.5 Å². The first kappa shape index (κ1) is 21.6. The molecular weight excluding hydrogens is 438 g/mol. The van der Waals surface area contributed by atoms with Gasteiger partial charge in [0.1, 0.15) is 4.88 Å². The Morgan fingerprint density at radius 2 is 1.94 bits per heavy atom. The Morgan fingerprint density at radius 1 is 1.19 bits per heavy atom. The van der Waals surface area contributed by atoms with Crippen molar-refractivity contribution in [3.63, 3.8) is 0 Å². The lowest BCUT2D eigenvalue weighted by atomic mass is 10.1. The zero-order chi connectivity index (χ0) is 22.2. The van der Waals surface area contributed by atoms with Crippen molar-refractivity contribution in [3.05, 3.63) is 40.5 Å². The molecule has 164 valence electrons. The lowest BCUT2D eigenvalue weighted by molar-refractivity contribution is 0.102. The van der Waals surface area contributed by atoms with E-state index < -0.39 is 15.9 Å². The zero-order valence-corrected chi connectivity index (χ0v) is 19.1. The van der Waals surface area contributed by atoms with Gasteiger partial charge in [-0.2, -0.15) is 4.31 Å². The predicted molar refractivity (Wildman–Crippen MR) is 116 cm³/mol. The van der Waals surface area contributed by atoms with Crippen molar-refractivity contribution in [2.24, 2.45) is 0 Å². The molecule has 0 saturated carbocycles. The Labute approximate surface area is 184 Å². The highest BCUT2D eigenvalue weighted by molar-refractivity contribution is 7.89. The van der Waals surface area contributed by atoms with E-state index in [0.717, 1.165) is 34.8 Å². The topological polar surface area (TPSA) is 118 Å². The van der Waals surface area contributed by atoms with Gasteiger partial charge in [-0.15, -0.1) is 16.4 Å². The van der Waals surface area contributed by atoms with Crippen LogP contribution in [0.15, 0.2) is 33.6 Å². The lowest BCUT2D eigenvalue weighted by Crippen LogP contribution is -2.41. The van der Waals surface area contributed by atoms with E-state index in [1.54, 1.807) is 0 Å². The van der Waals surface area contributed by atoms with Crippen LogP contribution in [0.2, 0.25) is 0 Å². The van der Waals surface area contributed by atoms with Crippen molar-refractivity contribution in [2.45, 2.75) is 51.0 Å². The molecular formula is C20H23N5O4S2. The van der Waals surface area contributed by atoms with E-state index in [-0.39, 0.29) is 28.4 Å². The van der Waals surface area contributed by atoms with E-state index in [4.69, 9.17) is 4.42 Å². The third kappa shape index (κ3) is 4.39. The fourth-order valence-corrected chi connectivity index (χ4v) is 6.15. The summed E-state index contributed by atoms with van der Waals surface area (Å²) in [4.78, 5) is 17.8. The van der Waals surface area contributed by atoms with Gasteiger partial charge in [-0.05, 0) is 57.9 Å². The quantitative estimate of drug-likeness (QED) is 0.616. The Balaban J connectivity index is 1.47. The van der Waals surface area contributed by atoms with Gasteiger partial charge < -0.3 is 4.42 Å². The van der Waals surface area contributed by atoms with Crippen LogP contribution in [0.25, 0.3) is 10.8 Å². The number of rotatable bonds is 5. The SMILES string of the molecule is Cc1nc(C)c(-c2nnc(NC(=O)c3ccc(S(=O)(=O)N4CCCCC4C)cc3)o2)s1. The maximum atomic E-state index is 12.9. The summed E-state index contributed by atoms with van der Waals surface area (Å²) < 4.78 is 32.9. The van der Waals surface area contributed by atoms with Gasteiger partial charge in [0.05, 0.1) is 15.6 Å². The first-order valence-electron chi connectivity index (χ1n) is 9.97. The average Bonchev–Trinajstić information content (AvgIpc) is 3.33. The normalized spacial score (nSPS) is 17.6. The van der Waals surface area contributed by atoms with Crippen molar-refractivity contribution >= 4 is 33.3 Å². The van der Waals surface area contributed by atoms with Gasteiger partial charge in [0.2, 0.25) is 10.0 Å². The molecule has 1 aliphatic rings. The number of anilines is 1. The lowest BCUT2D eigenvalue weighted by Gasteiger charge is -2.32. The van der Waals surface area contributed by atoms with Gasteiger partial charge in [-0.3, -0.25) is 10.1 Å². The van der Waals surface area contributed by atoms with Gasteiger partial charge >= 0.3 is 6.01 Å². The molecule has 9 nitrogen and oxygen atoms in total. The minimum absolute atomic E-state index is 0.0283. The standard InChI is InChI=1S/C20H23N5O4S2/c1-12-6-4-5-11-25(12)31(27,28)16-9-7-15(8-10-16)18(26)22-20-24-23-19(29-20)17-13(2)21-14(3)30-17/h7-10,12H,4-6,11H2,1-3H3,(H,22,24,26). The number of amides is 1. The first-order chi connectivity index (χ1) is 14.8. The van der Waals surface area contributed by atoms with Gasteiger partial charge in [0.25, 0.3) is 11.8 Å². The third-order valence-electron chi connectivity index (χ3n) is 5.21. The number of benzene rings is 1. The van der Waals surface area contributed by atoms with Crippen molar-refractivity contribution in [3.8, 4) is 10.8 Å². The van der Waals surface area contributed by atoms with Crippen LogP contribution in [0.5, 0.6) is 0 Å². The summed E-state index contributed by atoms with van der Waals surface area (Å²) in [5.74, 6) is -0.182. The maximum Gasteiger partial charge on any atom is 0.322 e. The zero-order valence-electron chi connectivity index (χ0n) is 17.5. The average molecular weight is 462 g/mol. The number of carbonyl (C=O) groups is 1. The summed E-state index contributed by atoms with van der Waals surface area (Å²) >= 11 is 1.43. The molecule has 4 rings (SSSR count). The number of nitrogens with zero attached hydrogens (tertiary/aromatic N) is 4. The highest BCUT2D eigenvalue weighted by Gasteiger charge is 2.31. The van der Waals surface area contributed by atoms with Crippen LogP contribution in [0, 0.1) is 13.8 Å². The Morgan fingerprint density at radius 3 is 2.58 bits per heavy atom. The van der Waals surface area contributed by atoms with Crippen LogP contribution >= 0.6 is 11.3 Å².